The summed E-state index contributed by atoms with van der Waals surface area (Å²) < 4.78 is 0. The molecule has 0 radical (unpaired) electrons. The number of nitrogens with zero attached hydrogens (tertiary/aromatic N) is 2. The lowest BCUT2D eigenvalue weighted by atomic mass is 9.83. The number of benzene rings is 1. The van der Waals surface area contributed by atoms with Crippen LogP contribution in [0.5, 0.6) is 0 Å². The van der Waals surface area contributed by atoms with Gasteiger partial charge >= 0.3 is 0 Å². The Bertz CT molecular complexity index is 1190. The van der Waals surface area contributed by atoms with E-state index in [0.29, 0.717) is 19.5 Å². The van der Waals surface area contributed by atoms with Crippen molar-refractivity contribution in [1.29, 1.82) is 0 Å². The van der Waals surface area contributed by atoms with Crippen molar-refractivity contribution in [2.75, 3.05) is 20.1 Å². The van der Waals surface area contributed by atoms with Crippen LogP contribution in [0.2, 0.25) is 0 Å². The van der Waals surface area contributed by atoms with Crippen molar-refractivity contribution < 1.29 is 19.2 Å². The third-order valence-electron chi connectivity index (χ3n) is 10.7. The van der Waals surface area contributed by atoms with Gasteiger partial charge in [-0.15, -0.1) is 0 Å². The summed E-state index contributed by atoms with van der Waals surface area (Å²) >= 11 is 0. The number of hydrogen-bond acceptors (Lipinski definition) is 5. The van der Waals surface area contributed by atoms with E-state index in [9.17, 15) is 19.2 Å². The Morgan fingerprint density at radius 2 is 1.67 bits per heavy atom. The molecular weight excluding hydrogens is 530 g/mol. The number of carbonyl (C=O) groups excluding carboxylic acids is 4. The highest BCUT2D eigenvalue weighted by molar-refractivity contribution is 5.92. The van der Waals surface area contributed by atoms with Crippen molar-refractivity contribution in [3.05, 3.63) is 35.4 Å². The molecule has 2 saturated carbocycles. The first-order valence-corrected chi connectivity index (χ1v) is 16.3. The minimum absolute atomic E-state index is 0.0553. The molecule has 0 aromatic heterocycles. The average molecular weight is 578 g/mol. The molecule has 9 nitrogen and oxygen atoms in total. The zero-order chi connectivity index (χ0) is 29.4. The first-order valence-electron chi connectivity index (χ1n) is 16.3. The summed E-state index contributed by atoms with van der Waals surface area (Å²) in [5.74, 6) is -0.559. The van der Waals surface area contributed by atoms with Crippen LogP contribution >= 0.6 is 0 Å². The van der Waals surface area contributed by atoms with Crippen LogP contribution < -0.4 is 16.0 Å². The molecule has 42 heavy (non-hydrogen) atoms. The fourth-order valence-corrected chi connectivity index (χ4v) is 8.01. The normalized spacial score (nSPS) is 28.9. The minimum Gasteiger partial charge on any atom is -0.349 e. The highest BCUT2D eigenvalue weighted by atomic mass is 16.2. The molecule has 5 aliphatic rings. The molecule has 6 rings (SSSR count). The molecule has 1 aromatic rings. The summed E-state index contributed by atoms with van der Waals surface area (Å²) in [6.07, 6.45) is 10.5. The van der Waals surface area contributed by atoms with Crippen LogP contribution in [-0.2, 0) is 25.6 Å². The zero-order valence-electron chi connectivity index (χ0n) is 25.1. The van der Waals surface area contributed by atoms with Gasteiger partial charge in [-0.1, -0.05) is 43.5 Å². The summed E-state index contributed by atoms with van der Waals surface area (Å²) in [7, 11) is 1.74. The van der Waals surface area contributed by atoms with Crippen LogP contribution in [0.25, 0.3) is 0 Å². The first kappa shape index (κ1) is 29.1. The van der Waals surface area contributed by atoms with Gasteiger partial charge in [-0.05, 0) is 82.4 Å². The Morgan fingerprint density at radius 3 is 2.40 bits per heavy atom. The average Bonchev–Trinajstić information content (AvgIpc) is 3.68. The van der Waals surface area contributed by atoms with Gasteiger partial charge in [0.05, 0.1) is 30.1 Å². The number of fused-ring (bicyclic) bond motifs is 2. The van der Waals surface area contributed by atoms with Gasteiger partial charge in [-0.3, -0.25) is 19.2 Å². The summed E-state index contributed by atoms with van der Waals surface area (Å²) in [4.78, 5) is 58.8. The van der Waals surface area contributed by atoms with Crippen molar-refractivity contribution in [1.82, 2.24) is 25.8 Å². The lowest BCUT2D eigenvalue weighted by Crippen LogP contribution is -2.58. The van der Waals surface area contributed by atoms with Crippen LogP contribution in [0.4, 0.5) is 0 Å². The third-order valence-corrected chi connectivity index (χ3v) is 10.7. The number of likely N-dealkylation sites (tertiary alicyclic amines) is 2. The molecule has 0 spiro atoms. The van der Waals surface area contributed by atoms with Gasteiger partial charge in [0.25, 0.3) is 0 Å². The van der Waals surface area contributed by atoms with Crippen LogP contribution in [0, 0.1) is 17.8 Å². The van der Waals surface area contributed by atoms with Gasteiger partial charge in [-0.2, -0.15) is 0 Å². The van der Waals surface area contributed by atoms with E-state index in [-0.39, 0.29) is 53.6 Å². The van der Waals surface area contributed by atoms with E-state index in [1.54, 1.807) is 14.0 Å². The number of hydrogen-bond donors (Lipinski definition) is 3. The number of amides is 4. The van der Waals surface area contributed by atoms with Gasteiger partial charge in [-0.25, -0.2) is 0 Å². The monoisotopic (exact) mass is 577 g/mol. The predicted molar refractivity (Wildman–Crippen MR) is 159 cm³/mol. The van der Waals surface area contributed by atoms with E-state index < -0.39 is 18.0 Å². The lowest BCUT2D eigenvalue weighted by molar-refractivity contribution is -0.141. The minimum atomic E-state index is -0.616. The maximum atomic E-state index is 14.4. The number of rotatable bonds is 8. The van der Waals surface area contributed by atoms with Crippen LogP contribution in [0.3, 0.4) is 0 Å². The van der Waals surface area contributed by atoms with Crippen molar-refractivity contribution in [2.45, 2.75) is 108 Å². The van der Waals surface area contributed by atoms with Crippen molar-refractivity contribution in [3.8, 4) is 0 Å². The Hall–Kier alpha value is -2.94. The molecule has 3 N–H and O–H groups in total. The van der Waals surface area contributed by atoms with Crippen LogP contribution in [-0.4, -0.2) is 77.7 Å². The quantitative estimate of drug-likeness (QED) is 0.440. The highest BCUT2D eigenvalue weighted by Crippen LogP contribution is 2.42. The Balaban J connectivity index is 1.26. The molecule has 4 fully saturated rings. The van der Waals surface area contributed by atoms with Crippen molar-refractivity contribution >= 4 is 23.6 Å². The summed E-state index contributed by atoms with van der Waals surface area (Å²) in [6.45, 7) is 2.65. The fraction of sp³-hybridized carbons (Fsp3) is 0.697. The van der Waals surface area contributed by atoms with Crippen molar-refractivity contribution in [3.63, 3.8) is 0 Å². The van der Waals surface area contributed by atoms with Gasteiger partial charge in [0.2, 0.25) is 23.6 Å². The first-order chi connectivity index (χ1) is 20.4. The molecule has 2 aliphatic heterocycles. The maximum absolute atomic E-state index is 14.4. The summed E-state index contributed by atoms with van der Waals surface area (Å²) in [6, 6.07) is 6.70. The lowest BCUT2D eigenvalue weighted by Gasteiger charge is -2.36. The summed E-state index contributed by atoms with van der Waals surface area (Å²) in [5, 5.41) is 9.44. The largest absolute Gasteiger partial charge is 0.349 e. The molecule has 2 heterocycles. The Morgan fingerprint density at radius 1 is 0.905 bits per heavy atom. The van der Waals surface area contributed by atoms with Gasteiger partial charge < -0.3 is 25.8 Å². The molecule has 4 amide bonds. The van der Waals surface area contributed by atoms with Crippen molar-refractivity contribution in [2.24, 2.45) is 17.8 Å². The van der Waals surface area contributed by atoms with Crippen LogP contribution in [0.15, 0.2) is 24.3 Å². The fourth-order valence-electron chi connectivity index (χ4n) is 8.01. The molecule has 9 heteroatoms. The standard InChI is InChI=1S/C33H47N5O4/c1-20(34-2)30(39)36-28(22-10-4-3-5-11-22)33(42)37-18-17-27-29(37)25(19-38(27)32(41)23-15-16-23)31(40)35-26-14-8-12-21-9-6-7-13-24(21)26/h6-7,9,13,20,22-23,25-29,34H,3-5,8,10-12,14-19H2,1-2H3,(H,35,40)(H,36,39). The van der Waals surface area contributed by atoms with E-state index in [1.165, 1.54) is 11.1 Å². The summed E-state index contributed by atoms with van der Waals surface area (Å²) in [5.41, 5.74) is 2.46. The molecular formula is C33H47N5O4. The van der Waals surface area contributed by atoms with E-state index in [2.05, 4.69) is 28.1 Å². The zero-order valence-corrected chi connectivity index (χ0v) is 25.1. The molecule has 2 saturated heterocycles. The molecule has 6 unspecified atom stereocenters. The third kappa shape index (κ3) is 5.69. The Labute approximate surface area is 249 Å². The number of aryl methyl sites for hydroxylation is 1. The second-order valence-corrected chi connectivity index (χ2v) is 13.3. The number of carbonyl (C=O) groups is 4. The molecule has 3 aliphatic carbocycles. The van der Waals surface area contributed by atoms with E-state index in [1.807, 2.05) is 21.9 Å². The second kappa shape index (κ2) is 12.3. The van der Waals surface area contributed by atoms with Gasteiger partial charge in [0, 0.05) is 19.0 Å². The molecule has 1 aromatic carbocycles. The van der Waals surface area contributed by atoms with E-state index in [4.69, 9.17) is 0 Å². The maximum Gasteiger partial charge on any atom is 0.245 e. The van der Waals surface area contributed by atoms with E-state index >= 15 is 0 Å². The van der Waals surface area contributed by atoms with Crippen LogP contribution in [0.1, 0.15) is 88.3 Å². The highest BCUT2D eigenvalue weighted by Gasteiger charge is 2.56. The smallest absolute Gasteiger partial charge is 0.245 e. The predicted octanol–water partition coefficient (Wildman–Crippen LogP) is 2.69. The van der Waals surface area contributed by atoms with Gasteiger partial charge in [0.15, 0.2) is 0 Å². The Kier molecular flexibility index (Phi) is 8.57. The van der Waals surface area contributed by atoms with E-state index in [0.717, 1.165) is 64.2 Å². The molecule has 228 valence electrons. The molecule has 6 atom stereocenters. The molecule has 0 bridgehead atoms. The number of likely N-dealkylation sites (N-methyl/N-ethyl adjacent to an activating group) is 1. The second-order valence-electron chi connectivity index (χ2n) is 13.3. The topological polar surface area (TPSA) is 111 Å². The van der Waals surface area contributed by atoms with Gasteiger partial charge in [0.1, 0.15) is 6.04 Å². The SMILES string of the molecule is CNC(C)C(=O)NC(C(=O)N1CCC2C1C(C(=O)NC1CCCc3ccccc31)CN2C(=O)C1CC1)C1CCCCC1. The number of nitrogens with one attached hydrogen (secondary N) is 3.